The van der Waals surface area contributed by atoms with Gasteiger partial charge in [0.2, 0.25) is 6.79 Å². The van der Waals surface area contributed by atoms with Gasteiger partial charge in [-0.2, -0.15) is 0 Å². The van der Waals surface area contributed by atoms with Crippen molar-refractivity contribution in [3.8, 4) is 11.5 Å². The molecule has 2 atom stereocenters. The van der Waals surface area contributed by atoms with Crippen LogP contribution in [0.2, 0.25) is 0 Å². The quantitative estimate of drug-likeness (QED) is 0.780. The van der Waals surface area contributed by atoms with Crippen molar-refractivity contribution in [3.63, 3.8) is 0 Å². The highest BCUT2D eigenvalue weighted by Gasteiger charge is 2.32. The molecular formula is C22H24F2N4O3. The zero-order valence-electron chi connectivity index (χ0n) is 16.9. The number of hydrogen-bond donors (Lipinski definition) is 2. The number of nitrogens with one attached hydrogen (secondary N) is 2. The molecule has 9 heteroatoms. The normalized spacial score (nSPS) is 23.7. The van der Waals surface area contributed by atoms with Crippen LogP contribution in [-0.4, -0.2) is 54.8 Å². The topological polar surface area (TPSA) is 66.1 Å². The number of hydrogen-bond acceptors (Lipinski definition) is 6. The van der Waals surface area contributed by atoms with E-state index in [1.54, 1.807) is 4.90 Å². The lowest BCUT2D eigenvalue weighted by Crippen LogP contribution is -2.46. The Morgan fingerprint density at radius 1 is 0.935 bits per heavy atom. The van der Waals surface area contributed by atoms with Crippen molar-refractivity contribution in [1.82, 2.24) is 20.7 Å². The van der Waals surface area contributed by atoms with Gasteiger partial charge in [0.15, 0.2) is 23.1 Å². The maximum Gasteiger partial charge on any atom is 0.254 e. The van der Waals surface area contributed by atoms with Crippen LogP contribution in [0.3, 0.4) is 0 Å². The highest BCUT2D eigenvalue weighted by molar-refractivity contribution is 5.94. The first-order valence-corrected chi connectivity index (χ1v) is 10.5. The van der Waals surface area contributed by atoms with Crippen molar-refractivity contribution in [1.29, 1.82) is 0 Å². The molecule has 0 aromatic heterocycles. The lowest BCUT2D eigenvalue weighted by Gasteiger charge is -2.27. The van der Waals surface area contributed by atoms with E-state index in [4.69, 9.17) is 9.47 Å². The molecule has 1 amide bonds. The van der Waals surface area contributed by atoms with Crippen molar-refractivity contribution >= 4 is 5.91 Å². The second-order valence-electron chi connectivity index (χ2n) is 8.02. The fraction of sp³-hybridized carbons (Fsp3) is 0.409. The minimum Gasteiger partial charge on any atom is -0.454 e. The molecule has 2 unspecified atom stereocenters. The van der Waals surface area contributed by atoms with Gasteiger partial charge in [0.05, 0.1) is 6.17 Å². The Morgan fingerprint density at radius 3 is 2.68 bits per heavy atom. The Labute approximate surface area is 178 Å². The van der Waals surface area contributed by atoms with Crippen LogP contribution in [0.15, 0.2) is 36.4 Å². The summed E-state index contributed by atoms with van der Waals surface area (Å²) in [7, 11) is 0. The number of carbonyl (C=O) groups is 1. The molecule has 31 heavy (non-hydrogen) atoms. The molecule has 2 fully saturated rings. The van der Waals surface area contributed by atoms with E-state index < -0.39 is 11.6 Å². The van der Waals surface area contributed by atoms with Crippen LogP contribution in [0.5, 0.6) is 11.5 Å². The summed E-state index contributed by atoms with van der Waals surface area (Å²) in [6.07, 6.45) is 1.81. The molecule has 2 N–H and O–H groups in total. The molecule has 7 nitrogen and oxygen atoms in total. The van der Waals surface area contributed by atoms with Crippen molar-refractivity contribution < 1.29 is 23.0 Å². The van der Waals surface area contributed by atoms with Crippen molar-refractivity contribution in [3.05, 3.63) is 59.2 Å². The van der Waals surface area contributed by atoms with Crippen LogP contribution in [0.4, 0.5) is 8.78 Å². The summed E-state index contributed by atoms with van der Waals surface area (Å²) in [4.78, 5) is 16.8. The number of rotatable bonds is 3. The van der Waals surface area contributed by atoms with E-state index in [0.717, 1.165) is 48.6 Å². The molecule has 3 heterocycles. The van der Waals surface area contributed by atoms with Crippen LogP contribution in [0.1, 0.15) is 34.8 Å². The van der Waals surface area contributed by atoms with Gasteiger partial charge >= 0.3 is 0 Å². The second kappa shape index (κ2) is 8.41. The van der Waals surface area contributed by atoms with E-state index in [1.165, 1.54) is 6.07 Å². The average Bonchev–Trinajstić information content (AvgIpc) is 3.39. The maximum absolute atomic E-state index is 13.5. The highest BCUT2D eigenvalue weighted by Crippen LogP contribution is 2.36. The molecule has 0 radical (unpaired) electrons. The number of ether oxygens (including phenoxy) is 2. The maximum atomic E-state index is 13.5. The first kappa shape index (κ1) is 20.2. The fourth-order valence-electron chi connectivity index (χ4n) is 4.39. The number of benzene rings is 2. The third kappa shape index (κ3) is 4.08. The monoisotopic (exact) mass is 430 g/mol. The Kier molecular flexibility index (Phi) is 5.47. The Morgan fingerprint density at radius 2 is 1.81 bits per heavy atom. The van der Waals surface area contributed by atoms with Crippen LogP contribution in [0.25, 0.3) is 0 Å². The van der Waals surface area contributed by atoms with Gasteiger partial charge in [0.25, 0.3) is 5.91 Å². The number of halogens is 2. The molecular weight excluding hydrogens is 406 g/mol. The molecule has 0 aliphatic carbocycles. The van der Waals surface area contributed by atoms with E-state index in [9.17, 15) is 13.6 Å². The lowest BCUT2D eigenvalue weighted by molar-refractivity contribution is 0.0756. The van der Waals surface area contributed by atoms with E-state index in [-0.39, 0.29) is 30.5 Å². The summed E-state index contributed by atoms with van der Waals surface area (Å²) in [5.74, 6) is -0.682. The first-order chi connectivity index (χ1) is 15.1. The molecule has 0 spiro atoms. The predicted octanol–water partition coefficient (Wildman–Crippen LogP) is 2.41. The zero-order valence-corrected chi connectivity index (χ0v) is 16.9. The summed E-state index contributed by atoms with van der Waals surface area (Å²) >= 11 is 0. The van der Waals surface area contributed by atoms with Crippen LogP contribution in [-0.2, 0) is 0 Å². The number of fused-ring (bicyclic) bond motifs is 1. The van der Waals surface area contributed by atoms with Crippen LogP contribution >= 0.6 is 0 Å². The third-order valence-corrected chi connectivity index (χ3v) is 6.11. The van der Waals surface area contributed by atoms with Gasteiger partial charge in [-0.05, 0) is 48.7 Å². The summed E-state index contributed by atoms with van der Waals surface area (Å²) in [5, 5.41) is 0. The zero-order chi connectivity index (χ0) is 21.4. The van der Waals surface area contributed by atoms with Gasteiger partial charge < -0.3 is 14.4 Å². The summed E-state index contributed by atoms with van der Waals surface area (Å²) in [6, 6.07) is 9.43. The summed E-state index contributed by atoms with van der Waals surface area (Å²) < 4.78 is 37.6. The van der Waals surface area contributed by atoms with Gasteiger partial charge in [-0.1, -0.05) is 6.07 Å². The number of amides is 1. The molecule has 3 aliphatic rings. The highest BCUT2D eigenvalue weighted by atomic mass is 19.2. The molecule has 2 saturated heterocycles. The Bertz CT molecular complexity index is 989. The Hall–Kier alpha value is -2.75. The smallest absolute Gasteiger partial charge is 0.254 e. The largest absolute Gasteiger partial charge is 0.454 e. The fourth-order valence-corrected chi connectivity index (χ4v) is 4.39. The van der Waals surface area contributed by atoms with Gasteiger partial charge in [-0.25, -0.2) is 19.6 Å². The first-order valence-electron chi connectivity index (χ1n) is 10.5. The van der Waals surface area contributed by atoms with E-state index in [1.807, 2.05) is 18.2 Å². The average molecular weight is 430 g/mol. The molecule has 5 rings (SSSR count). The van der Waals surface area contributed by atoms with Crippen LogP contribution in [0, 0.1) is 11.6 Å². The standard InChI is InChI=1S/C22H24F2N4O3/c23-16-4-2-15(10-17(16)24)22(29)28-7-1-6-27(8-9-28)21-12-18(25-26-21)14-3-5-19-20(11-14)31-13-30-19/h2-5,10-11,18,21,25-26H,1,6-9,12-13H2. The predicted molar refractivity (Wildman–Crippen MR) is 108 cm³/mol. The molecule has 2 aromatic carbocycles. The van der Waals surface area contributed by atoms with Crippen LogP contribution < -0.4 is 20.3 Å². The second-order valence-corrected chi connectivity index (χ2v) is 8.02. The number of hydrazine groups is 1. The third-order valence-electron chi connectivity index (χ3n) is 6.11. The van der Waals surface area contributed by atoms with E-state index in [2.05, 4.69) is 15.8 Å². The van der Waals surface area contributed by atoms with Crippen molar-refractivity contribution in [2.75, 3.05) is 33.0 Å². The molecule has 0 saturated carbocycles. The lowest BCUT2D eigenvalue weighted by atomic mass is 10.0. The number of nitrogens with zero attached hydrogens (tertiary/aromatic N) is 2. The van der Waals surface area contributed by atoms with Gasteiger partial charge in [0, 0.05) is 37.8 Å². The molecule has 164 valence electrons. The Balaban J connectivity index is 1.20. The summed E-state index contributed by atoms with van der Waals surface area (Å²) in [6.45, 7) is 2.91. The molecule has 2 aromatic rings. The van der Waals surface area contributed by atoms with Gasteiger partial charge in [-0.3, -0.25) is 9.69 Å². The SMILES string of the molecule is O=C(c1ccc(F)c(F)c1)N1CCCN(C2CC(c3ccc4c(c3)OCO4)NN2)CC1. The van der Waals surface area contributed by atoms with Gasteiger partial charge in [-0.15, -0.1) is 0 Å². The minimum atomic E-state index is -1.00. The van der Waals surface area contributed by atoms with Gasteiger partial charge in [0.1, 0.15) is 0 Å². The van der Waals surface area contributed by atoms with E-state index in [0.29, 0.717) is 19.6 Å². The summed E-state index contributed by atoms with van der Waals surface area (Å²) in [5.41, 5.74) is 8.03. The van der Waals surface area contributed by atoms with Crippen molar-refractivity contribution in [2.24, 2.45) is 0 Å². The van der Waals surface area contributed by atoms with Crippen molar-refractivity contribution in [2.45, 2.75) is 25.0 Å². The minimum absolute atomic E-state index is 0.133. The molecule has 3 aliphatic heterocycles. The molecule has 0 bridgehead atoms. The number of carbonyl (C=O) groups excluding carboxylic acids is 1. The van der Waals surface area contributed by atoms with E-state index >= 15 is 0 Å².